The first-order valence-corrected chi connectivity index (χ1v) is 6.85. The Kier molecular flexibility index (Phi) is 5.36. The fourth-order valence-electron chi connectivity index (χ4n) is 2.53. The summed E-state index contributed by atoms with van der Waals surface area (Å²) in [5, 5.41) is 6.04. The van der Waals surface area contributed by atoms with Crippen LogP contribution in [-0.2, 0) is 16.0 Å². The van der Waals surface area contributed by atoms with E-state index in [1.165, 1.54) is 11.1 Å². The standard InChI is InChI=1S/C15H22N2O2/c1-19-9-8-16-11-15(18)17-10-13-7-6-12-4-2-3-5-14(12)13/h2-5,13,16H,6-11H2,1H3,(H,17,18). The van der Waals surface area contributed by atoms with Gasteiger partial charge in [0.2, 0.25) is 5.91 Å². The fourth-order valence-corrected chi connectivity index (χ4v) is 2.53. The monoisotopic (exact) mass is 262 g/mol. The second-order valence-electron chi connectivity index (χ2n) is 4.91. The number of hydrogen-bond acceptors (Lipinski definition) is 3. The predicted molar refractivity (Wildman–Crippen MR) is 75.3 cm³/mol. The molecule has 0 spiro atoms. The molecule has 1 aromatic carbocycles. The van der Waals surface area contributed by atoms with Gasteiger partial charge in [-0.25, -0.2) is 0 Å². The largest absolute Gasteiger partial charge is 0.383 e. The maximum Gasteiger partial charge on any atom is 0.233 e. The van der Waals surface area contributed by atoms with E-state index in [1.54, 1.807) is 7.11 Å². The number of ether oxygens (including phenoxy) is 1. The first-order chi connectivity index (χ1) is 9.31. The van der Waals surface area contributed by atoms with Crippen molar-refractivity contribution in [2.45, 2.75) is 18.8 Å². The summed E-state index contributed by atoms with van der Waals surface area (Å²) in [6.45, 7) is 2.43. The van der Waals surface area contributed by atoms with Gasteiger partial charge in [-0.3, -0.25) is 4.79 Å². The van der Waals surface area contributed by atoms with Crippen LogP contribution >= 0.6 is 0 Å². The van der Waals surface area contributed by atoms with Crippen LogP contribution in [0, 0.1) is 0 Å². The molecular formula is C15H22N2O2. The minimum Gasteiger partial charge on any atom is -0.383 e. The number of nitrogens with one attached hydrogen (secondary N) is 2. The Labute approximate surface area is 114 Å². The van der Waals surface area contributed by atoms with Crippen LogP contribution in [0.15, 0.2) is 24.3 Å². The average molecular weight is 262 g/mol. The van der Waals surface area contributed by atoms with Crippen LogP contribution in [0.25, 0.3) is 0 Å². The molecule has 2 N–H and O–H groups in total. The van der Waals surface area contributed by atoms with E-state index in [9.17, 15) is 4.79 Å². The molecular weight excluding hydrogens is 240 g/mol. The third-order valence-corrected chi connectivity index (χ3v) is 3.57. The Balaban J connectivity index is 1.70. The molecule has 104 valence electrons. The van der Waals surface area contributed by atoms with Gasteiger partial charge in [-0.2, -0.15) is 0 Å². The van der Waals surface area contributed by atoms with Crippen molar-refractivity contribution < 1.29 is 9.53 Å². The Morgan fingerprint density at radius 3 is 3.11 bits per heavy atom. The van der Waals surface area contributed by atoms with Crippen molar-refractivity contribution in [2.75, 3.05) is 33.4 Å². The quantitative estimate of drug-likeness (QED) is 0.723. The molecule has 0 bridgehead atoms. The summed E-state index contributed by atoms with van der Waals surface area (Å²) in [6.07, 6.45) is 2.26. The summed E-state index contributed by atoms with van der Waals surface area (Å²) >= 11 is 0. The number of benzene rings is 1. The minimum absolute atomic E-state index is 0.0560. The van der Waals surface area contributed by atoms with E-state index in [-0.39, 0.29) is 5.91 Å². The number of methoxy groups -OCH3 is 1. The summed E-state index contributed by atoms with van der Waals surface area (Å²) in [5.41, 5.74) is 2.83. The topological polar surface area (TPSA) is 50.4 Å². The fraction of sp³-hybridized carbons (Fsp3) is 0.533. The van der Waals surface area contributed by atoms with Crippen LogP contribution < -0.4 is 10.6 Å². The Hall–Kier alpha value is -1.39. The zero-order valence-corrected chi connectivity index (χ0v) is 11.4. The highest BCUT2D eigenvalue weighted by molar-refractivity contribution is 5.78. The van der Waals surface area contributed by atoms with Crippen LogP contribution in [0.2, 0.25) is 0 Å². The predicted octanol–water partition coefficient (Wildman–Crippen LogP) is 1.07. The SMILES string of the molecule is COCCNCC(=O)NCC1CCc2ccccc21. The molecule has 0 aromatic heterocycles. The molecule has 4 heteroatoms. The van der Waals surface area contributed by atoms with Crippen molar-refractivity contribution in [3.8, 4) is 0 Å². The van der Waals surface area contributed by atoms with Gasteiger partial charge in [0, 0.05) is 26.1 Å². The number of amides is 1. The number of hydrogen-bond donors (Lipinski definition) is 2. The normalized spacial score (nSPS) is 17.2. The first kappa shape index (κ1) is 14.0. The highest BCUT2D eigenvalue weighted by Gasteiger charge is 2.21. The summed E-state index contributed by atoms with van der Waals surface area (Å²) in [5.74, 6) is 0.527. The van der Waals surface area contributed by atoms with Crippen molar-refractivity contribution in [1.82, 2.24) is 10.6 Å². The van der Waals surface area contributed by atoms with E-state index in [1.807, 2.05) is 0 Å². The summed E-state index contributed by atoms with van der Waals surface area (Å²) in [7, 11) is 1.65. The molecule has 0 aliphatic heterocycles. The lowest BCUT2D eigenvalue weighted by molar-refractivity contribution is -0.120. The third kappa shape index (κ3) is 4.04. The van der Waals surface area contributed by atoms with E-state index >= 15 is 0 Å². The lowest BCUT2D eigenvalue weighted by atomic mass is 10.0. The molecule has 1 aliphatic carbocycles. The number of carbonyl (C=O) groups excluding carboxylic acids is 1. The third-order valence-electron chi connectivity index (χ3n) is 3.57. The summed E-state index contributed by atoms with van der Waals surface area (Å²) in [6, 6.07) is 8.52. The van der Waals surface area contributed by atoms with E-state index in [4.69, 9.17) is 4.74 Å². The Bertz CT molecular complexity index is 420. The Morgan fingerprint density at radius 2 is 2.26 bits per heavy atom. The average Bonchev–Trinajstić information content (AvgIpc) is 2.85. The van der Waals surface area contributed by atoms with E-state index in [0.29, 0.717) is 25.6 Å². The molecule has 4 nitrogen and oxygen atoms in total. The van der Waals surface area contributed by atoms with Gasteiger partial charge >= 0.3 is 0 Å². The maximum absolute atomic E-state index is 11.7. The molecule has 0 radical (unpaired) electrons. The zero-order valence-electron chi connectivity index (χ0n) is 11.4. The van der Waals surface area contributed by atoms with Crippen LogP contribution in [0.3, 0.4) is 0 Å². The smallest absolute Gasteiger partial charge is 0.233 e. The summed E-state index contributed by atoms with van der Waals surface area (Å²) < 4.78 is 4.91. The van der Waals surface area contributed by atoms with Crippen molar-refractivity contribution in [1.29, 1.82) is 0 Å². The molecule has 1 unspecified atom stereocenters. The van der Waals surface area contributed by atoms with Crippen molar-refractivity contribution in [2.24, 2.45) is 0 Å². The van der Waals surface area contributed by atoms with Gasteiger partial charge in [-0.1, -0.05) is 24.3 Å². The van der Waals surface area contributed by atoms with Gasteiger partial charge in [0.25, 0.3) is 0 Å². The highest BCUT2D eigenvalue weighted by Crippen LogP contribution is 2.31. The maximum atomic E-state index is 11.7. The van der Waals surface area contributed by atoms with Crippen molar-refractivity contribution >= 4 is 5.91 Å². The molecule has 0 saturated heterocycles. The molecule has 1 aliphatic rings. The van der Waals surface area contributed by atoms with Crippen molar-refractivity contribution in [3.63, 3.8) is 0 Å². The van der Waals surface area contributed by atoms with Gasteiger partial charge in [-0.05, 0) is 24.0 Å². The lowest BCUT2D eigenvalue weighted by Gasteiger charge is -2.13. The number of carbonyl (C=O) groups is 1. The van der Waals surface area contributed by atoms with Gasteiger partial charge in [0.1, 0.15) is 0 Å². The molecule has 0 heterocycles. The van der Waals surface area contributed by atoms with E-state index in [0.717, 1.165) is 19.4 Å². The zero-order chi connectivity index (χ0) is 13.5. The molecule has 0 fully saturated rings. The van der Waals surface area contributed by atoms with Crippen LogP contribution in [0.5, 0.6) is 0 Å². The number of fused-ring (bicyclic) bond motifs is 1. The van der Waals surface area contributed by atoms with Crippen LogP contribution in [-0.4, -0.2) is 39.3 Å². The molecule has 1 amide bonds. The second kappa shape index (κ2) is 7.26. The summed E-state index contributed by atoms with van der Waals surface area (Å²) in [4.78, 5) is 11.7. The number of rotatable bonds is 7. The Morgan fingerprint density at radius 1 is 1.42 bits per heavy atom. The van der Waals surface area contributed by atoms with Crippen LogP contribution in [0.4, 0.5) is 0 Å². The molecule has 0 saturated carbocycles. The molecule has 1 aromatic rings. The van der Waals surface area contributed by atoms with E-state index < -0.39 is 0 Å². The van der Waals surface area contributed by atoms with Crippen molar-refractivity contribution in [3.05, 3.63) is 35.4 Å². The van der Waals surface area contributed by atoms with Gasteiger partial charge < -0.3 is 15.4 Å². The molecule has 1 atom stereocenters. The van der Waals surface area contributed by atoms with Gasteiger partial charge in [0.05, 0.1) is 13.2 Å². The second-order valence-corrected chi connectivity index (χ2v) is 4.91. The van der Waals surface area contributed by atoms with Gasteiger partial charge in [-0.15, -0.1) is 0 Å². The highest BCUT2D eigenvalue weighted by atomic mass is 16.5. The lowest BCUT2D eigenvalue weighted by Crippen LogP contribution is -2.36. The van der Waals surface area contributed by atoms with E-state index in [2.05, 4.69) is 34.9 Å². The van der Waals surface area contributed by atoms with Crippen LogP contribution in [0.1, 0.15) is 23.5 Å². The molecule has 2 rings (SSSR count). The first-order valence-electron chi connectivity index (χ1n) is 6.85. The van der Waals surface area contributed by atoms with Gasteiger partial charge in [0.15, 0.2) is 0 Å². The molecule has 19 heavy (non-hydrogen) atoms. The number of aryl methyl sites for hydroxylation is 1. The minimum atomic E-state index is 0.0560.